The van der Waals surface area contributed by atoms with Crippen molar-refractivity contribution in [2.24, 2.45) is 0 Å². The minimum atomic E-state index is -0.390. The average Bonchev–Trinajstić information content (AvgIpc) is 2.89. The van der Waals surface area contributed by atoms with Gasteiger partial charge in [-0.05, 0) is 35.0 Å². The van der Waals surface area contributed by atoms with Crippen molar-refractivity contribution in [2.45, 2.75) is 6.92 Å². The second-order valence-corrected chi connectivity index (χ2v) is 6.66. The second-order valence-electron chi connectivity index (χ2n) is 4.25. The van der Waals surface area contributed by atoms with E-state index in [4.69, 9.17) is 9.47 Å². The summed E-state index contributed by atoms with van der Waals surface area (Å²) in [5.74, 6) is 0.0722. The molecule has 22 heavy (non-hydrogen) atoms. The lowest BCUT2D eigenvalue weighted by Crippen LogP contribution is -2.16. The number of halogens is 1. The van der Waals surface area contributed by atoms with Crippen LogP contribution in [-0.4, -0.2) is 30.4 Å². The van der Waals surface area contributed by atoms with E-state index in [2.05, 4.69) is 26.2 Å². The molecule has 0 aliphatic rings. The number of Topliss-reactive ketones (excluding diaryl/α,β-unsaturated/α-hetero) is 1. The van der Waals surface area contributed by atoms with Gasteiger partial charge < -0.3 is 9.47 Å². The summed E-state index contributed by atoms with van der Waals surface area (Å²) in [5, 5.41) is 3.13. The summed E-state index contributed by atoms with van der Waals surface area (Å²) >= 11 is 4.57. The molecule has 1 heterocycles. The predicted molar refractivity (Wildman–Crippen MR) is 86.9 cm³/mol. The molecule has 0 radical (unpaired) electrons. The molecule has 0 saturated heterocycles. The van der Waals surface area contributed by atoms with Crippen molar-refractivity contribution in [3.63, 3.8) is 0 Å². The monoisotopic (exact) mass is 384 g/mol. The van der Waals surface area contributed by atoms with Crippen molar-refractivity contribution in [2.75, 3.05) is 19.0 Å². The van der Waals surface area contributed by atoms with Crippen LogP contribution in [0, 0.1) is 0 Å². The number of methoxy groups -OCH3 is 1. The van der Waals surface area contributed by atoms with Crippen LogP contribution < -0.4 is 14.8 Å². The lowest BCUT2D eigenvalue weighted by Gasteiger charge is -2.13. The molecule has 0 aliphatic heterocycles. The Morgan fingerprint density at radius 3 is 2.77 bits per heavy atom. The molecule has 1 N–H and O–H groups in total. The van der Waals surface area contributed by atoms with Gasteiger partial charge in [0.25, 0.3) is 5.91 Å². The van der Waals surface area contributed by atoms with E-state index in [0.717, 1.165) is 3.79 Å². The average molecular weight is 385 g/mol. The molecule has 2 aromatic rings. The number of hydrogen-bond donors (Lipinski definition) is 1. The summed E-state index contributed by atoms with van der Waals surface area (Å²) in [7, 11) is 1.47. The van der Waals surface area contributed by atoms with Gasteiger partial charge in [-0.25, -0.2) is 4.98 Å². The van der Waals surface area contributed by atoms with Crippen molar-refractivity contribution in [3.8, 4) is 11.5 Å². The van der Waals surface area contributed by atoms with Gasteiger partial charge in [0.2, 0.25) is 0 Å². The zero-order valence-electron chi connectivity index (χ0n) is 11.9. The van der Waals surface area contributed by atoms with E-state index in [1.807, 2.05) is 0 Å². The Morgan fingerprint density at radius 2 is 2.18 bits per heavy atom. The number of benzene rings is 1. The first kappa shape index (κ1) is 16.4. The molecule has 6 nitrogen and oxygen atoms in total. The Bertz CT molecular complexity index is 702. The van der Waals surface area contributed by atoms with Crippen molar-refractivity contribution in [1.29, 1.82) is 0 Å². The fraction of sp³-hybridized carbons (Fsp3) is 0.214. The number of hydrogen-bond acceptors (Lipinski definition) is 6. The molecule has 1 aromatic carbocycles. The molecule has 116 valence electrons. The van der Waals surface area contributed by atoms with Crippen LogP contribution >= 0.6 is 27.3 Å². The molecule has 0 unspecified atom stereocenters. The molecule has 0 fully saturated rings. The predicted octanol–water partition coefficient (Wildman–Crippen LogP) is 3.13. The molecular weight excluding hydrogens is 372 g/mol. The maximum absolute atomic E-state index is 12.4. The third kappa shape index (κ3) is 4.05. The van der Waals surface area contributed by atoms with Crippen molar-refractivity contribution in [3.05, 3.63) is 33.7 Å². The van der Waals surface area contributed by atoms with Gasteiger partial charge in [-0.2, -0.15) is 0 Å². The highest BCUT2D eigenvalue weighted by Crippen LogP contribution is 2.32. The number of nitrogens with one attached hydrogen (secondary N) is 1. The summed E-state index contributed by atoms with van der Waals surface area (Å²) in [6.45, 7) is 1.27. The first-order chi connectivity index (χ1) is 10.5. The summed E-state index contributed by atoms with van der Waals surface area (Å²) in [4.78, 5) is 27.5. The molecule has 8 heteroatoms. The normalized spacial score (nSPS) is 10.1. The molecule has 1 amide bonds. The van der Waals surface area contributed by atoms with Crippen molar-refractivity contribution in [1.82, 2.24) is 4.98 Å². The first-order valence-corrected chi connectivity index (χ1v) is 7.84. The van der Waals surface area contributed by atoms with Gasteiger partial charge in [0, 0.05) is 0 Å². The van der Waals surface area contributed by atoms with Crippen LogP contribution in [0.5, 0.6) is 11.5 Å². The van der Waals surface area contributed by atoms with Gasteiger partial charge in [-0.1, -0.05) is 17.4 Å². The largest absolute Gasteiger partial charge is 0.493 e. The van der Waals surface area contributed by atoms with Gasteiger partial charge in [-0.3, -0.25) is 14.9 Å². The van der Waals surface area contributed by atoms with Crippen LogP contribution in [0.2, 0.25) is 0 Å². The van der Waals surface area contributed by atoms with Crippen LogP contribution in [0.3, 0.4) is 0 Å². The standard InChI is InChI=1S/C14H13BrN2O4S/c1-8(18)7-21-12-9(4-3-5-10(12)20-2)13(19)17-14-16-6-11(15)22-14/h3-6H,7H2,1-2H3,(H,16,17,19). The molecule has 0 saturated carbocycles. The summed E-state index contributed by atoms with van der Waals surface area (Å²) in [6.07, 6.45) is 1.60. The molecule has 0 spiro atoms. The van der Waals surface area contributed by atoms with Crippen LogP contribution in [0.4, 0.5) is 5.13 Å². The highest BCUT2D eigenvalue weighted by molar-refractivity contribution is 9.11. The topological polar surface area (TPSA) is 77.5 Å². The molecule has 0 atom stereocenters. The van der Waals surface area contributed by atoms with E-state index >= 15 is 0 Å². The second kappa shape index (κ2) is 7.37. The lowest BCUT2D eigenvalue weighted by atomic mass is 10.1. The van der Waals surface area contributed by atoms with E-state index < -0.39 is 0 Å². The minimum absolute atomic E-state index is 0.135. The number of aromatic nitrogens is 1. The van der Waals surface area contributed by atoms with Gasteiger partial charge in [0.1, 0.15) is 6.61 Å². The molecular formula is C14H13BrN2O4S. The molecule has 0 aliphatic carbocycles. The Kier molecular flexibility index (Phi) is 5.51. The zero-order valence-corrected chi connectivity index (χ0v) is 14.3. The van der Waals surface area contributed by atoms with E-state index in [9.17, 15) is 9.59 Å². The number of carbonyl (C=O) groups excluding carboxylic acids is 2. The van der Waals surface area contributed by atoms with Crippen molar-refractivity contribution < 1.29 is 19.1 Å². The summed E-state index contributed by atoms with van der Waals surface area (Å²) in [6, 6.07) is 4.92. The number of amides is 1. The van der Waals surface area contributed by atoms with E-state index in [1.54, 1.807) is 24.4 Å². The summed E-state index contributed by atoms with van der Waals surface area (Å²) in [5.41, 5.74) is 0.270. The molecule has 2 rings (SSSR count). The SMILES string of the molecule is COc1cccc(C(=O)Nc2ncc(Br)s2)c1OCC(C)=O. The van der Waals surface area contributed by atoms with Gasteiger partial charge in [0.15, 0.2) is 22.4 Å². The van der Waals surface area contributed by atoms with Crippen LogP contribution in [0.15, 0.2) is 28.2 Å². The van der Waals surface area contributed by atoms with Crippen molar-refractivity contribution >= 4 is 44.1 Å². The fourth-order valence-corrected chi connectivity index (χ4v) is 2.76. The van der Waals surface area contributed by atoms with E-state index in [0.29, 0.717) is 10.9 Å². The Balaban J connectivity index is 2.28. The van der Waals surface area contributed by atoms with E-state index in [1.165, 1.54) is 25.4 Å². The Morgan fingerprint density at radius 1 is 1.41 bits per heavy atom. The zero-order chi connectivity index (χ0) is 16.1. The number of para-hydroxylation sites is 1. The lowest BCUT2D eigenvalue weighted by molar-refractivity contribution is -0.118. The number of rotatable bonds is 6. The Hall–Kier alpha value is -1.93. The minimum Gasteiger partial charge on any atom is -0.493 e. The number of ketones is 1. The van der Waals surface area contributed by atoms with Gasteiger partial charge in [0.05, 0.1) is 22.7 Å². The highest BCUT2D eigenvalue weighted by atomic mass is 79.9. The van der Waals surface area contributed by atoms with Crippen LogP contribution in [0.1, 0.15) is 17.3 Å². The maximum Gasteiger partial charge on any atom is 0.261 e. The van der Waals surface area contributed by atoms with Gasteiger partial charge >= 0.3 is 0 Å². The highest BCUT2D eigenvalue weighted by Gasteiger charge is 2.18. The van der Waals surface area contributed by atoms with E-state index in [-0.39, 0.29) is 29.6 Å². The quantitative estimate of drug-likeness (QED) is 0.827. The number of thiazole rings is 1. The fourth-order valence-electron chi connectivity index (χ4n) is 1.65. The smallest absolute Gasteiger partial charge is 0.261 e. The first-order valence-electron chi connectivity index (χ1n) is 6.23. The van der Waals surface area contributed by atoms with Crippen LogP contribution in [-0.2, 0) is 4.79 Å². The number of ether oxygens (including phenoxy) is 2. The third-order valence-electron chi connectivity index (χ3n) is 2.56. The number of carbonyl (C=O) groups is 2. The Labute approximate surface area is 139 Å². The molecule has 0 bridgehead atoms. The summed E-state index contributed by atoms with van der Waals surface area (Å²) < 4.78 is 11.4. The van der Waals surface area contributed by atoms with Gasteiger partial charge in [-0.15, -0.1) is 0 Å². The number of anilines is 1. The number of nitrogens with zero attached hydrogens (tertiary/aromatic N) is 1. The third-order valence-corrected chi connectivity index (χ3v) is 3.95. The maximum atomic E-state index is 12.4. The van der Waals surface area contributed by atoms with Crippen LogP contribution in [0.25, 0.3) is 0 Å². The molecule has 1 aromatic heterocycles.